The lowest BCUT2D eigenvalue weighted by Gasteiger charge is -2.53. The Morgan fingerprint density at radius 1 is 0.338 bits per heavy atom. The van der Waals surface area contributed by atoms with Gasteiger partial charge in [0.15, 0.2) is 0 Å². The van der Waals surface area contributed by atoms with E-state index in [2.05, 4.69) is 249 Å². The molecule has 0 radical (unpaired) electrons. The first-order valence-electron chi connectivity index (χ1n) is 27.5. The number of anilines is 7. The first kappa shape index (κ1) is 44.0. The van der Waals surface area contributed by atoms with Gasteiger partial charge in [-0.15, -0.1) is 0 Å². The van der Waals surface area contributed by atoms with Crippen molar-refractivity contribution in [1.82, 2.24) is 0 Å². The molecular weight excluding hydrogens is 894 g/mol. The predicted octanol–water partition coefficient (Wildman–Crippen LogP) is 16.5. The molecule has 4 aliphatic heterocycles. The van der Waals surface area contributed by atoms with Crippen LogP contribution >= 0.6 is 0 Å². The Morgan fingerprint density at radius 2 is 0.838 bits per heavy atom. The molecule has 4 unspecified atom stereocenters. The van der Waals surface area contributed by atoms with Crippen LogP contribution in [0, 0.1) is 0 Å². The maximum atomic E-state index is 2.93. The van der Waals surface area contributed by atoms with E-state index >= 15 is 0 Å². The van der Waals surface area contributed by atoms with Crippen molar-refractivity contribution in [2.75, 3.05) is 14.7 Å². The molecule has 9 aromatic rings. The Morgan fingerprint density at radius 3 is 1.47 bits per heavy atom. The van der Waals surface area contributed by atoms with Crippen molar-refractivity contribution < 1.29 is 0 Å². The van der Waals surface area contributed by atoms with Gasteiger partial charge in [-0.05, 0) is 160 Å². The number of benzene rings is 9. The number of hydrogen-bond donors (Lipinski definition) is 0. The smallest absolute Gasteiger partial charge is 0.252 e. The van der Waals surface area contributed by atoms with E-state index in [0.29, 0.717) is 0 Å². The minimum absolute atomic E-state index is 0.0123. The molecule has 9 aromatic carbocycles. The minimum atomic E-state index is -0.148. The van der Waals surface area contributed by atoms with Crippen LogP contribution in [0.2, 0.25) is 0 Å². The monoisotopic (exact) mass is 956 g/mol. The van der Waals surface area contributed by atoms with Gasteiger partial charge in [-0.25, -0.2) is 0 Å². The van der Waals surface area contributed by atoms with Gasteiger partial charge in [0.1, 0.15) is 0 Å². The number of fused-ring (bicyclic) bond motifs is 10. The summed E-state index contributed by atoms with van der Waals surface area (Å²) in [5.74, 6) is 0. The van der Waals surface area contributed by atoms with Gasteiger partial charge in [0.25, 0.3) is 6.71 Å². The average molecular weight is 956 g/mol. The maximum Gasteiger partial charge on any atom is 0.252 e. The molecule has 15 rings (SSSR count). The van der Waals surface area contributed by atoms with Crippen LogP contribution in [0.25, 0.3) is 44.5 Å². The summed E-state index contributed by atoms with van der Waals surface area (Å²) in [5.41, 5.74) is 26.2. The zero-order valence-electron chi connectivity index (χ0n) is 43.2. The summed E-state index contributed by atoms with van der Waals surface area (Å²) >= 11 is 0. The predicted molar refractivity (Wildman–Crippen MR) is 313 cm³/mol. The molecule has 0 N–H and O–H groups in total. The van der Waals surface area contributed by atoms with Crippen LogP contribution in [0.3, 0.4) is 0 Å². The van der Waals surface area contributed by atoms with Crippen molar-refractivity contribution in [2.45, 2.75) is 101 Å². The zero-order valence-corrected chi connectivity index (χ0v) is 43.2. The summed E-state index contributed by atoms with van der Waals surface area (Å²) in [7, 11) is 0. The van der Waals surface area contributed by atoms with Gasteiger partial charge < -0.3 is 14.7 Å². The summed E-state index contributed by atoms with van der Waals surface area (Å²) < 4.78 is 0. The lowest BCUT2D eigenvalue weighted by Crippen LogP contribution is -2.64. The molecule has 74 heavy (non-hydrogen) atoms. The molecule has 4 atom stereocenters. The normalized spacial score (nSPS) is 23.6. The molecule has 6 aliphatic rings. The van der Waals surface area contributed by atoms with E-state index < -0.39 is 0 Å². The lowest BCUT2D eigenvalue weighted by atomic mass is 9.33. The van der Waals surface area contributed by atoms with E-state index in [1.54, 1.807) is 0 Å². The minimum Gasteiger partial charge on any atom is -0.335 e. The first-order valence-corrected chi connectivity index (χ1v) is 27.5. The molecule has 4 heterocycles. The van der Waals surface area contributed by atoms with Crippen LogP contribution in [-0.2, 0) is 10.8 Å². The van der Waals surface area contributed by atoms with Crippen LogP contribution in [0.4, 0.5) is 39.8 Å². The summed E-state index contributed by atoms with van der Waals surface area (Å²) in [6.07, 6.45) is 9.56. The summed E-state index contributed by atoms with van der Waals surface area (Å²) in [6.45, 7) is 10.5. The van der Waals surface area contributed by atoms with Gasteiger partial charge in [0.05, 0.1) is 11.1 Å². The van der Waals surface area contributed by atoms with Crippen LogP contribution in [0.5, 0.6) is 0 Å². The Kier molecular flexibility index (Phi) is 9.49. The Bertz CT molecular complexity index is 3720. The van der Waals surface area contributed by atoms with Gasteiger partial charge in [-0.2, -0.15) is 0 Å². The molecule has 3 nitrogen and oxygen atoms in total. The standard InChI is InChI=1S/C70H62BN3/c1-67-36-17-19-38-69(67,3)73(61-35-33-52(41-57(61)67)48-24-11-6-12-25-48)56-45-63-65-64(46-56)74-66-58(68(2)37-18-20-39-70(68,74)4)42-54(50-28-15-8-16-29-50)43-60(66)71(65)59-34-32-53(49-26-13-7-14-27-49)44-62(59)72(63)55-31-21-30-51(40-55)47-22-9-5-10-23-47/h5-16,21-35,40-46H,17-20,36-39H2,1-4H3. The van der Waals surface area contributed by atoms with E-state index in [4.69, 9.17) is 0 Å². The van der Waals surface area contributed by atoms with Crippen LogP contribution in [-0.4, -0.2) is 17.8 Å². The van der Waals surface area contributed by atoms with Crippen molar-refractivity contribution in [3.63, 3.8) is 0 Å². The number of nitrogens with zero attached hydrogens (tertiary/aromatic N) is 3. The molecule has 360 valence electrons. The topological polar surface area (TPSA) is 9.72 Å². The number of hydrogen-bond acceptors (Lipinski definition) is 3. The van der Waals surface area contributed by atoms with E-state index in [1.165, 1.54) is 150 Å². The highest BCUT2D eigenvalue weighted by molar-refractivity contribution is 7.00. The highest BCUT2D eigenvalue weighted by Gasteiger charge is 2.63. The molecule has 2 fully saturated rings. The third kappa shape index (κ3) is 5.97. The summed E-state index contributed by atoms with van der Waals surface area (Å²) in [6, 6.07) is 79.0. The third-order valence-electron chi connectivity index (χ3n) is 19.9. The maximum absolute atomic E-state index is 2.93. The molecule has 0 spiro atoms. The van der Waals surface area contributed by atoms with Gasteiger partial charge >= 0.3 is 0 Å². The van der Waals surface area contributed by atoms with Crippen molar-refractivity contribution in [3.8, 4) is 44.5 Å². The zero-order chi connectivity index (χ0) is 49.6. The van der Waals surface area contributed by atoms with Crippen molar-refractivity contribution in [2.24, 2.45) is 0 Å². The van der Waals surface area contributed by atoms with Gasteiger partial charge in [-0.3, -0.25) is 0 Å². The van der Waals surface area contributed by atoms with Gasteiger partial charge in [0, 0.05) is 50.6 Å². The fourth-order valence-electron chi connectivity index (χ4n) is 15.7. The molecule has 2 aliphatic carbocycles. The first-order chi connectivity index (χ1) is 36.2. The second-order valence-corrected chi connectivity index (χ2v) is 23.4. The molecule has 0 amide bonds. The SMILES string of the molecule is CC12CCCCC1(C)N(c1cc3c4c(c1)N1c5c(cc(-c6ccccc6)cc5C5(C)CCCCC15C)B4c1ccc(-c4ccccc4)cc1N3c1cccc(-c3ccccc3)c1)c1ccc(-c3ccccc3)cc12. The molecular formula is C70H62BN3. The van der Waals surface area contributed by atoms with E-state index in [9.17, 15) is 0 Å². The fraction of sp³-hybridized carbons (Fsp3) is 0.229. The molecule has 0 saturated heterocycles. The Balaban J connectivity index is 1.06. The van der Waals surface area contributed by atoms with Crippen molar-refractivity contribution in [3.05, 3.63) is 217 Å². The van der Waals surface area contributed by atoms with Crippen LogP contribution < -0.4 is 31.1 Å². The van der Waals surface area contributed by atoms with Gasteiger partial charge in [0.2, 0.25) is 0 Å². The van der Waals surface area contributed by atoms with E-state index in [1.807, 2.05) is 0 Å². The van der Waals surface area contributed by atoms with E-state index in [-0.39, 0.29) is 28.6 Å². The van der Waals surface area contributed by atoms with Crippen molar-refractivity contribution in [1.29, 1.82) is 0 Å². The molecule has 4 heteroatoms. The van der Waals surface area contributed by atoms with Crippen LogP contribution in [0.1, 0.15) is 90.2 Å². The second-order valence-electron chi connectivity index (χ2n) is 23.4. The quantitative estimate of drug-likeness (QED) is 0.154. The molecule has 2 saturated carbocycles. The highest BCUT2D eigenvalue weighted by atomic mass is 15.3. The second kappa shape index (κ2) is 16.0. The largest absolute Gasteiger partial charge is 0.335 e. The molecule has 0 bridgehead atoms. The lowest BCUT2D eigenvalue weighted by molar-refractivity contribution is 0.194. The Labute approximate surface area is 438 Å². The third-order valence-corrected chi connectivity index (χ3v) is 19.9. The summed E-state index contributed by atoms with van der Waals surface area (Å²) in [5, 5.41) is 0. The fourth-order valence-corrected chi connectivity index (χ4v) is 15.7. The van der Waals surface area contributed by atoms with Crippen molar-refractivity contribution >= 4 is 62.9 Å². The highest BCUT2D eigenvalue weighted by Crippen LogP contribution is 2.65. The van der Waals surface area contributed by atoms with Crippen LogP contribution in [0.15, 0.2) is 206 Å². The molecule has 0 aromatic heterocycles. The van der Waals surface area contributed by atoms with Gasteiger partial charge in [-0.1, -0.05) is 197 Å². The average Bonchev–Trinajstić information content (AvgIpc) is 3.79. The van der Waals surface area contributed by atoms with E-state index in [0.717, 1.165) is 12.8 Å². The summed E-state index contributed by atoms with van der Waals surface area (Å²) in [4.78, 5) is 8.46. The number of rotatable bonds is 6. The Hall–Kier alpha value is -7.56.